The van der Waals surface area contributed by atoms with Crippen LogP contribution in [-0.2, 0) is 14.8 Å². The second kappa shape index (κ2) is 9.58. The van der Waals surface area contributed by atoms with Crippen molar-refractivity contribution in [3.8, 4) is 0 Å². The molecule has 2 aromatic rings. The Kier molecular flexibility index (Phi) is 7.05. The number of ether oxygens (including phenoxy) is 1. The van der Waals surface area contributed by atoms with Crippen LogP contribution in [0.15, 0.2) is 53.4 Å². The molecular weight excluding hydrogens is 436 g/mol. The molecule has 1 aliphatic heterocycles. The molecule has 3 rings (SSSR count). The third-order valence-electron chi connectivity index (χ3n) is 5.28. The molecule has 2 atom stereocenters. The monoisotopic (exact) mass is 460 g/mol. The summed E-state index contributed by atoms with van der Waals surface area (Å²) in [5, 5.41) is 10.7. The standard InChI is InChI=1S/C22H24N2O7S/c1-15-10-16(2)13-23(12-15)32(29,30)20-5-3-4-18(11-20)22(26)31-14-21(25)17-6-8-19(9-7-17)24(27)28/h3-9,11,15-16H,10,12-14H2,1-2H3/t15-,16+. The maximum absolute atomic E-state index is 13.1. The molecule has 1 saturated heterocycles. The van der Waals surface area contributed by atoms with E-state index in [1.165, 1.54) is 52.8 Å². The van der Waals surface area contributed by atoms with E-state index >= 15 is 0 Å². The highest BCUT2D eigenvalue weighted by Gasteiger charge is 2.32. The number of benzene rings is 2. The second-order valence-corrected chi connectivity index (χ2v) is 10.0. The summed E-state index contributed by atoms with van der Waals surface area (Å²) in [6.45, 7) is 4.28. The number of Topliss-reactive ketones (excluding diaryl/α,β-unsaturated/α-hetero) is 1. The van der Waals surface area contributed by atoms with E-state index in [1.807, 2.05) is 13.8 Å². The predicted octanol–water partition coefficient (Wildman–Crippen LogP) is 3.30. The zero-order valence-electron chi connectivity index (χ0n) is 17.8. The van der Waals surface area contributed by atoms with Gasteiger partial charge in [0.25, 0.3) is 5.69 Å². The van der Waals surface area contributed by atoms with Gasteiger partial charge in [0, 0.05) is 30.8 Å². The minimum Gasteiger partial charge on any atom is -0.454 e. The van der Waals surface area contributed by atoms with Crippen molar-refractivity contribution in [1.82, 2.24) is 4.31 Å². The van der Waals surface area contributed by atoms with Gasteiger partial charge in [-0.05, 0) is 48.6 Å². The summed E-state index contributed by atoms with van der Waals surface area (Å²) in [6, 6.07) is 10.5. The van der Waals surface area contributed by atoms with Crippen LogP contribution in [0.1, 0.15) is 41.0 Å². The Bertz CT molecular complexity index is 1120. The van der Waals surface area contributed by atoms with E-state index in [4.69, 9.17) is 4.74 Å². The van der Waals surface area contributed by atoms with E-state index in [2.05, 4.69) is 0 Å². The summed E-state index contributed by atoms with van der Waals surface area (Å²) < 4.78 is 32.6. The van der Waals surface area contributed by atoms with Gasteiger partial charge >= 0.3 is 5.97 Å². The molecule has 0 spiro atoms. The van der Waals surface area contributed by atoms with Crippen molar-refractivity contribution in [3.05, 3.63) is 69.8 Å². The molecule has 0 N–H and O–H groups in total. The quantitative estimate of drug-likeness (QED) is 0.269. The number of hydrogen-bond donors (Lipinski definition) is 0. The molecule has 1 heterocycles. The number of nitro groups is 1. The Balaban J connectivity index is 1.68. The maximum atomic E-state index is 13.1. The second-order valence-electron chi connectivity index (χ2n) is 8.10. The van der Waals surface area contributed by atoms with Gasteiger partial charge in [0.2, 0.25) is 10.0 Å². The first-order valence-corrected chi connectivity index (χ1v) is 11.6. The summed E-state index contributed by atoms with van der Waals surface area (Å²) in [5.41, 5.74) is 0.0165. The number of ketones is 1. The molecular formula is C22H24N2O7S. The van der Waals surface area contributed by atoms with Gasteiger partial charge in [0.15, 0.2) is 12.4 Å². The minimum absolute atomic E-state index is 0.00468. The first-order chi connectivity index (χ1) is 15.1. The molecule has 1 fully saturated rings. The molecule has 0 bridgehead atoms. The largest absolute Gasteiger partial charge is 0.454 e. The lowest BCUT2D eigenvalue weighted by Crippen LogP contribution is -2.42. The maximum Gasteiger partial charge on any atom is 0.338 e. The number of nitrogens with zero attached hydrogens (tertiary/aromatic N) is 2. The minimum atomic E-state index is -3.77. The molecule has 32 heavy (non-hydrogen) atoms. The van der Waals surface area contributed by atoms with Crippen LogP contribution in [0.3, 0.4) is 0 Å². The number of non-ortho nitro benzene ring substituents is 1. The van der Waals surface area contributed by atoms with Crippen LogP contribution < -0.4 is 0 Å². The number of piperidine rings is 1. The van der Waals surface area contributed by atoms with Crippen molar-refractivity contribution in [2.24, 2.45) is 11.8 Å². The van der Waals surface area contributed by atoms with Gasteiger partial charge < -0.3 is 4.74 Å². The summed E-state index contributed by atoms with van der Waals surface area (Å²) in [5.74, 6) is -0.884. The number of sulfonamides is 1. The number of carbonyl (C=O) groups excluding carboxylic acids is 2. The Hall–Kier alpha value is -3.11. The zero-order chi connectivity index (χ0) is 23.5. The van der Waals surface area contributed by atoms with Crippen molar-refractivity contribution >= 4 is 27.5 Å². The van der Waals surface area contributed by atoms with E-state index in [0.717, 1.165) is 6.42 Å². The average molecular weight is 461 g/mol. The topological polar surface area (TPSA) is 124 Å². The Morgan fingerprint density at radius 3 is 2.28 bits per heavy atom. The SMILES string of the molecule is C[C@@H]1C[C@H](C)CN(S(=O)(=O)c2cccc(C(=O)OCC(=O)c3ccc([N+](=O)[O-])cc3)c2)C1. The van der Waals surface area contributed by atoms with Crippen LogP contribution in [0.4, 0.5) is 5.69 Å². The molecule has 1 aliphatic rings. The van der Waals surface area contributed by atoms with E-state index in [1.54, 1.807) is 0 Å². The van der Waals surface area contributed by atoms with Crippen LogP contribution in [0, 0.1) is 22.0 Å². The molecule has 9 nitrogen and oxygen atoms in total. The lowest BCUT2D eigenvalue weighted by atomic mass is 9.94. The van der Waals surface area contributed by atoms with Gasteiger partial charge in [-0.3, -0.25) is 14.9 Å². The number of carbonyl (C=O) groups is 2. The van der Waals surface area contributed by atoms with Gasteiger partial charge in [-0.15, -0.1) is 0 Å². The highest BCUT2D eigenvalue weighted by Crippen LogP contribution is 2.27. The first-order valence-electron chi connectivity index (χ1n) is 10.1. The lowest BCUT2D eigenvalue weighted by Gasteiger charge is -2.34. The number of esters is 1. The van der Waals surface area contributed by atoms with Crippen molar-refractivity contribution in [2.45, 2.75) is 25.2 Å². The van der Waals surface area contributed by atoms with Gasteiger partial charge in [0.05, 0.1) is 15.4 Å². The molecule has 2 aromatic carbocycles. The molecule has 0 aliphatic carbocycles. The predicted molar refractivity (Wildman–Crippen MR) is 116 cm³/mol. The van der Waals surface area contributed by atoms with Crippen molar-refractivity contribution in [2.75, 3.05) is 19.7 Å². The third-order valence-corrected chi connectivity index (χ3v) is 7.10. The Labute approximate surface area is 186 Å². The molecule has 0 radical (unpaired) electrons. The van der Waals surface area contributed by atoms with Crippen LogP contribution >= 0.6 is 0 Å². The Morgan fingerprint density at radius 1 is 1.06 bits per heavy atom. The fourth-order valence-corrected chi connectivity index (χ4v) is 5.53. The molecule has 0 aromatic heterocycles. The normalized spacial score (nSPS) is 19.3. The Morgan fingerprint density at radius 2 is 1.69 bits per heavy atom. The van der Waals surface area contributed by atoms with Crippen molar-refractivity contribution in [3.63, 3.8) is 0 Å². The fraction of sp³-hybridized carbons (Fsp3) is 0.364. The summed E-state index contributed by atoms with van der Waals surface area (Å²) in [6.07, 6.45) is 0.959. The number of rotatable bonds is 7. The highest BCUT2D eigenvalue weighted by molar-refractivity contribution is 7.89. The highest BCUT2D eigenvalue weighted by atomic mass is 32.2. The van der Waals surface area contributed by atoms with Crippen LogP contribution in [0.25, 0.3) is 0 Å². The molecule has 170 valence electrons. The number of nitro benzene ring substituents is 1. The smallest absolute Gasteiger partial charge is 0.338 e. The summed E-state index contributed by atoms with van der Waals surface area (Å²) >= 11 is 0. The van der Waals surface area contributed by atoms with Gasteiger partial charge in [-0.1, -0.05) is 19.9 Å². The van der Waals surface area contributed by atoms with E-state index < -0.39 is 33.3 Å². The van der Waals surface area contributed by atoms with Crippen LogP contribution in [-0.4, -0.2) is 49.1 Å². The summed E-state index contributed by atoms with van der Waals surface area (Å²) in [4.78, 5) is 34.7. The number of hydrogen-bond acceptors (Lipinski definition) is 7. The average Bonchev–Trinajstić information content (AvgIpc) is 2.76. The fourth-order valence-electron chi connectivity index (χ4n) is 3.80. The van der Waals surface area contributed by atoms with Gasteiger partial charge in [-0.2, -0.15) is 4.31 Å². The molecule has 0 saturated carbocycles. The van der Waals surface area contributed by atoms with E-state index in [9.17, 15) is 28.1 Å². The van der Waals surface area contributed by atoms with Crippen LogP contribution in [0.5, 0.6) is 0 Å². The van der Waals surface area contributed by atoms with E-state index in [-0.39, 0.29) is 33.5 Å². The third kappa shape index (κ3) is 5.38. The molecule has 0 unspecified atom stereocenters. The molecule has 10 heteroatoms. The van der Waals surface area contributed by atoms with Crippen LogP contribution in [0.2, 0.25) is 0 Å². The first kappa shape index (κ1) is 23.6. The van der Waals surface area contributed by atoms with Gasteiger partial charge in [-0.25, -0.2) is 13.2 Å². The zero-order valence-corrected chi connectivity index (χ0v) is 18.6. The lowest BCUT2D eigenvalue weighted by molar-refractivity contribution is -0.384. The van der Waals surface area contributed by atoms with Gasteiger partial charge in [0.1, 0.15) is 0 Å². The molecule has 0 amide bonds. The summed E-state index contributed by atoms with van der Waals surface area (Å²) in [7, 11) is -3.77. The van der Waals surface area contributed by atoms with Crippen molar-refractivity contribution < 1.29 is 27.7 Å². The van der Waals surface area contributed by atoms with E-state index in [0.29, 0.717) is 13.1 Å². The van der Waals surface area contributed by atoms with Crippen molar-refractivity contribution in [1.29, 1.82) is 0 Å².